The summed E-state index contributed by atoms with van der Waals surface area (Å²) in [4.78, 5) is 15.5. The van der Waals surface area contributed by atoms with Gasteiger partial charge in [0.1, 0.15) is 11.1 Å². The molecule has 0 aromatic carbocycles. The van der Waals surface area contributed by atoms with Crippen LogP contribution >= 0.6 is 0 Å². The van der Waals surface area contributed by atoms with E-state index in [2.05, 4.69) is 6.07 Å². The zero-order valence-corrected chi connectivity index (χ0v) is 12.0. The molecule has 0 bridgehead atoms. The Labute approximate surface area is 109 Å². The van der Waals surface area contributed by atoms with Crippen LogP contribution in [0.1, 0.15) is 33.6 Å². The van der Waals surface area contributed by atoms with E-state index >= 15 is 0 Å². The third-order valence-electron chi connectivity index (χ3n) is 3.19. The number of carbonyl (C=O) groups excluding carboxylic acids is 1. The number of amides is 1. The summed E-state index contributed by atoms with van der Waals surface area (Å²) in [5, 5.41) is 9.37. The minimum Gasteiger partial charge on any atom is -0.444 e. The second-order valence-electron chi connectivity index (χ2n) is 6.04. The van der Waals surface area contributed by atoms with E-state index < -0.39 is 11.1 Å². The molecule has 5 nitrogen and oxygen atoms in total. The molecule has 1 saturated heterocycles. The largest absolute Gasteiger partial charge is 0.444 e. The summed E-state index contributed by atoms with van der Waals surface area (Å²) in [7, 11) is 3.75. The van der Waals surface area contributed by atoms with Crippen molar-refractivity contribution in [1.82, 2.24) is 9.80 Å². The van der Waals surface area contributed by atoms with Crippen LogP contribution in [0.2, 0.25) is 0 Å². The molecule has 1 aliphatic rings. The van der Waals surface area contributed by atoms with Gasteiger partial charge in [-0.05, 0) is 47.7 Å². The fraction of sp³-hybridized carbons (Fsp3) is 0.846. The third kappa shape index (κ3) is 3.36. The van der Waals surface area contributed by atoms with Gasteiger partial charge in [0.25, 0.3) is 0 Å². The van der Waals surface area contributed by atoms with Crippen LogP contribution in [0, 0.1) is 11.3 Å². The second kappa shape index (κ2) is 5.15. The van der Waals surface area contributed by atoms with E-state index in [-0.39, 0.29) is 6.09 Å². The van der Waals surface area contributed by atoms with E-state index in [0.717, 1.165) is 12.8 Å². The van der Waals surface area contributed by atoms with Crippen LogP contribution in [-0.4, -0.2) is 54.2 Å². The summed E-state index contributed by atoms with van der Waals surface area (Å²) < 4.78 is 5.35. The Morgan fingerprint density at radius 1 is 1.44 bits per heavy atom. The summed E-state index contributed by atoms with van der Waals surface area (Å²) in [5.74, 6) is 0. The summed E-state index contributed by atoms with van der Waals surface area (Å²) >= 11 is 0. The maximum absolute atomic E-state index is 12.0. The Morgan fingerprint density at radius 2 is 2.06 bits per heavy atom. The molecule has 0 saturated carbocycles. The molecule has 0 spiro atoms. The lowest BCUT2D eigenvalue weighted by atomic mass is 9.89. The van der Waals surface area contributed by atoms with Crippen molar-refractivity contribution in [1.29, 1.82) is 5.26 Å². The predicted molar refractivity (Wildman–Crippen MR) is 69.1 cm³/mol. The van der Waals surface area contributed by atoms with Gasteiger partial charge in [-0.2, -0.15) is 5.26 Å². The summed E-state index contributed by atoms with van der Waals surface area (Å²) in [6.07, 6.45) is 1.28. The highest BCUT2D eigenvalue weighted by Crippen LogP contribution is 2.26. The molecule has 0 N–H and O–H groups in total. The van der Waals surface area contributed by atoms with Crippen LogP contribution < -0.4 is 0 Å². The topological polar surface area (TPSA) is 56.6 Å². The van der Waals surface area contributed by atoms with Crippen LogP contribution in [0.4, 0.5) is 4.79 Å². The number of hydrogen-bond acceptors (Lipinski definition) is 4. The number of piperidine rings is 1. The maximum atomic E-state index is 12.0. The molecule has 1 fully saturated rings. The Hall–Kier alpha value is -1.28. The van der Waals surface area contributed by atoms with E-state index in [0.29, 0.717) is 13.1 Å². The van der Waals surface area contributed by atoms with E-state index in [1.165, 1.54) is 0 Å². The quantitative estimate of drug-likeness (QED) is 0.715. The van der Waals surface area contributed by atoms with Crippen LogP contribution in [0.5, 0.6) is 0 Å². The minimum atomic E-state index is -0.588. The Morgan fingerprint density at radius 3 is 2.50 bits per heavy atom. The average Bonchev–Trinajstić information content (AvgIpc) is 2.26. The van der Waals surface area contributed by atoms with Crippen LogP contribution in [0.3, 0.4) is 0 Å². The zero-order valence-electron chi connectivity index (χ0n) is 12.0. The molecule has 0 aliphatic carbocycles. The van der Waals surface area contributed by atoms with Crippen LogP contribution in [0.15, 0.2) is 0 Å². The smallest absolute Gasteiger partial charge is 0.410 e. The summed E-state index contributed by atoms with van der Waals surface area (Å²) in [6.45, 7) is 6.60. The van der Waals surface area contributed by atoms with Crippen LogP contribution in [-0.2, 0) is 4.74 Å². The lowest BCUT2D eigenvalue weighted by molar-refractivity contribution is 0.00627. The Kier molecular flexibility index (Phi) is 4.23. The van der Waals surface area contributed by atoms with Gasteiger partial charge in [-0.15, -0.1) is 0 Å². The predicted octanol–water partition coefficient (Wildman–Crippen LogP) is 1.84. The third-order valence-corrected chi connectivity index (χ3v) is 3.19. The second-order valence-corrected chi connectivity index (χ2v) is 6.04. The van der Waals surface area contributed by atoms with Gasteiger partial charge in [0, 0.05) is 6.54 Å². The number of likely N-dealkylation sites (tertiary alicyclic amines) is 1. The standard InChI is InChI=1S/C13H23N3O2/c1-12(2,3)18-11(17)16-8-6-7-13(9-14,10-16)15(4)5/h6-8,10H2,1-5H3. The molecule has 1 aliphatic heterocycles. The van der Waals surface area contributed by atoms with Crippen molar-refractivity contribution in [3.05, 3.63) is 0 Å². The number of likely N-dealkylation sites (N-methyl/N-ethyl adjacent to an activating group) is 1. The molecule has 0 aromatic heterocycles. The number of carbonyl (C=O) groups is 1. The van der Waals surface area contributed by atoms with Gasteiger partial charge in [0.15, 0.2) is 0 Å². The number of nitriles is 1. The first-order valence-electron chi connectivity index (χ1n) is 6.27. The molecule has 0 radical (unpaired) electrons. The molecular formula is C13H23N3O2. The van der Waals surface area contributed by atoms with Crippen molar-refractivity contribution in [3.8, 4) is 6.07 Å². The van der Waals surface area contributed by atoms with Crippen molar-refractivity contribution < 1.29 is 9.53 Å². The lowest BCUT2D eigenvalue weighted by Crippen LogP contribution is -2.57. The summed E-state index contributed by atoms with van der Waals surface area (Å²) in [6, 6.07) is 2.34. The summed E-state index contributed by atoms with van der Waals surface area (Å²) in [5.41, 5.74) is -1.09. The first-order valence-corrected chi connectivity index (χ1v) is 6.27. The van der Waals surface area contributed by atoms with Crippen molar-refractivity contribution in [2.24, 2.45) is 0 Å². The fourth-order valence-electron chi connectivity index (χ4n) is 2.07. The molecule has 5 heteroatoms. The van der Waals surface area contributed by atoms with Gasteiger partial charge in [-0.3, -0.25) is 4.90 Å². The molecule has 1 atom stereocenters. The highest BCUT2D eigenvalue weighted by atomic mass is 16.6. The Bertz CT molecular complexity index is 354. The van der Waals surface area contributed by atoms with Crippen molar-refractivity contribution in [2.75, 3.05) is 27.2 Å². The molecule has 0 aromatic rings. The first kappa shape index (κ1) is 14.8. The SMILES string of the molecule is CN(C)C1(C#N)CCCN(C(=O)OC(C)(C)C)C1. The number of nitrogens with zero attached hydrogens (tertiary/aromatic N) is 3. The normalized spacial score (nSPS) is 24.8. The van der Waals surface area contributed by atoms with Crippen LogP contribution in [0.25, 0.3) is 0 Å². The van der Waals surface area contributed by atoms with Gasteiger partial charge >= 0.3 is 6.09 Å². The van der Waals surface area contributed by atoms with Gasteiger partial charge in [0.2, 0.25) is 0 Å². The number of rotatable bonds is 1. The van der Waals surface area contributed by atoms with E-state index in [1.54, 1.807) is 4.90 Å². The van der Waals surface area contributed by atoms with Crippen molar-refractivity contribution >= 4 is 6.09 Å². The monoisotopic (exact) mass is 253 g/mol. The first-order chi connectivity index (χ1) is 8.20. The average molecular weight is 253 g/mol. The number of ether oxygens (including phenoxy) is 1. The van der Waals surface area contributed by atoms with Gasteiger partial charge in [0.05, 0.1) is 12.6 Å². The highest BCUT2D eigenvalue weighted by Gasteiger charge is 2.40. The highest BCUT2D eigenvalue weighted by molar-refractivity contribution is 5.68. The molecule has 1 unspecified atom stereocenters. The zero-order chi connectivity index (χ0) is 14.0. The molecular weight excluding hydrogens is 230 g/mol. The van der Waals surface area contributed by atoms with Gasteiger partial charge < -0.3 is 9.64 Å². The van der Waals surface area contributed by atoms with E-state index in [9.17, 15) is 10.1 Å². The molecule has 1 heterocycles. The molecule has 102 valence electrons. The van der Waals surface area contributed by atoms with E-state index in [4.69, 9.17) is 4.74 Å². The maximum Gasteiger partial charge on any atom is 0.410 e. The lowest BCUT2D eigenvalue weighted by Gasteiger charge is -2.42. The minimum absolute atomic E-state index is 0.330. The van der Waals surface area contributed by atoms with Gasteiger partial charge in [-0.1, -0.05) is 0 Å². The number of hydrogen-bond donors (Lipinski definition) is 0. The molecule has 1 amide bonds. The van der Waals surface area contributed by atoms with Crippen molar-refractivity contribution in [3.63, 3.8) is 0 Å². The molecule has 1 rings (SSSR count). The Balaban J connectivity index is 2.76. The van der Waals surface area contributed by atoms with Gasteiger partial charge in [-0.25, -0.2) is 4.79 Å². The molecule has 18 heavy (non-hydrogen) atoms. The van der Waals surface area contributed by atoms with E-state index in [1.807, 2.05) is 39.8 Å². The fourth-order valence-corrected chi connectivity index (χ4v) is 2.07. The van der Waals surface area contributed by atoms with Crippen molar-refractivity contribution in [2.45, 2.75) is 44.8 Å².